The van der Waals surface area contributed by atoms with Crippen LogP contribution in [0, 0.1) is 0 Å². The molecule has 3 aromatic rings. The van der Waals surface area contributed by atoms with Crippen LogP contribution < -0.4 is 4.80 Å². The number of hydrogen-bond donors (Lipinski definition) is 0. The van der Waals surface area contributed by atoms with Crippen LogP contribution in [-0.4, -0.2) is 61.4 Å². The van der Waals surface area contributed by atoms with E-state index in [2.05, 4.69) is 4.99 Å². The van der Waals surface area contributed by atoms with Gasteiger partial charge < -0.3 is 14.0 Å². The average Bonchev–Trinajstić information content (AvgIpc) is 3.50. The number of sulfonamides is 1. The monoisotopic (exact) mass is 565 g/mol. The van der Waals surface area contributed by atoms with Crippen LogP contribution in [-0.2, 0) is 35.6 Å². The van der Waals surface area contributed by atoms with Crippen molar-refractivity contribution in [1.82, 2.24) is 8.87 Å². The SMILES string of the molecule is CCOC(=O)c1ccc2c(c1)sc(=NC(=O)C1CCCN1S(=O)(=O)c1ccc(Cl)cc1)n2CC(=O)OC. The third-order valence-corrected chi connectivity index (χ3v) is 9.04. The summed E-state index contributed by atoms with van der Waals surface area (Å²) in [5.41, 5.74) is 0.877. The van der Waals surface area contributed by atoms with Crippen LogP contribution in [0.25, 0.3) is 10.2 Å². The predicted octanol–water partition coefficient (Wildman–Crippen LogP) is 2.99. The normalized spacial score (nSPS) is 16.7. The summed E-state index contributed by atoms with van der Waals surface area (Å²) in [4.78, 5) is 42.0. The number of carbonyl (C=O) groups is 3. The van der Waals surface area contributed by atoms with E-state index in [-0.39, 0.29) is 29.4 Å². The van der Waals surface area contributed by atoms with Crippen LogP contribution in [0.5, 0.6) is 0 Å². The summed E-state index contributed by atoms with van der Waals surface area (Å²) in [5.74, 6) is -1.71. The number of nitrogens with zero attached hydrogens (tertiary/aromatic N) is 3. The van der Waals surface area contributed by atoms with E-state index < -0.39 is 33.9 Å². The minimum atomic E-state index is -3.96. The van der Waals surface area contributed by atoms with Crippen LogP contribution in [0.1, 0.15) is 30.1 Å². The molecule has 37 heavy (non-hydrogen) atoms. The summed E-state index contributed by atoms with van der Waals surface area (Å²) in [6.07, 6.45) is 0.806. The van der Waals surface area contributed by atoms with Crippen molar-refractivity contribution in [3.05, 3.63) is 57.9 Å². The Morgan fingerprint density at radius 3 is 2.57 bits per heavy atom. The second kappa shape index (κ2) is 11.1. The number of fused-ring (bicyclic) bond motifs is 1. The minimum absolute atomic E-state index is 0.0331. The lowest BCUT2D eigenvalue weighted by Gasteiger charge is -2.21. The van der Waals surface area contributed by atoms with Gasteiger partial charge >= 0.3 is 11.9 Å². The highest BCUT2D eigenvalue weighted by atomic mass is 35.5. The highest BCUT2D eigenvalue weighted by Gasteiger charge is 2.39. The summed E-state index contributed by atoms with van der Waals surface area (Å²) in [7, 11) is -2.71. The molecule has 2 aromatic carbocycles. The highest BCUT2D eigenvalue weighted by molar-refractivity contribution is 7.89. The van der Waals surface area contributed by atoms with Gasteiger partial charge in [0.2, 0.25) is 10.0 Å². The van der Waals surface area contributed by atoms with Crippen molar-refractivity contribution in [2.24, 2.45) is 4.99 Å². The van der Waals surface area contributed by atoms with Gasteiger partial charge in [-0.25, -0.2) is 13.2 Å². The van der Waals surface area contributed by atoms with Crippen molar-refractivity contribution in [3.63, 3.8) is 0 Å². The minimum Gasteiger partial charge on any atom is -0.468 e. The lowest BCUT2D eigenvalue weighted by atomic mass is 10.2. The van der Waals surface area contributed by atoms with Crippen LogP contribution in [0.3, 0.4) is 0 Å². The molecule has 13 heteroatoms. The van der Waals surface area contributed by atoms with E-state index in [9.17, 15) is 22.8 Å². The summed E-state index contributed by atoms with van der Waals surface area (Å²) >= 11 is 6.99. The fourth-order valence-electron chi connectivity index (χ4n) is 4.03. The molecular weight excluding hydrogens is 542 g/mol. The van der Waals surface area contributed by atoms with Gasteiger partial charge in [0.15, 0.2) is 4.80 Å². The predicted molar refractivity (Wildman–Crippen MR) is 137 cm³/mol. The Bertz CT molecular complexity index is 1530. The first-order valence-electron chi connectivity index (χ1n) is 11.4. The third-order valence-electron chi connectivity index (χ3n) is 5.82. The van der Waals surface area contributed by atoms with Gasteiger partial charge in [0, 0.05) is 11.6 Å². The lowest BCUT2D eigenvalue weighted by Crippen LogP contribution is -2.40. The Morgan fingerprint density at radius 2 is 1.89 bits per heavy atom. The van der Waals surface area contributed by atoms with Crippen molar-refractivity contribution in [1.29, 1.82) is 0 Å². The smallest absolute Gasteiger partial charge is 0.338 e. The van der Waals surface area contributed by atoms with Gasteiger partial charge in [-0.05, 0) is 62.2 Å². The van der Waals surface area contributed by atoms with Crippen molar-refractivity contribution in [2.45, 2.75) is 37.2 Å². The average molecular weight is 566 g/mol. The van der Waals surface area contributed by atoms with Crippen LogP contribution in [0.4, 0.5) is 0 Å². The Balaban J connectivity index is 1.74. The number of aromatic nitrogens is 1. The Morgan fingerprint density at radius 1 is 1.16 bits per heavy atom. The molecule has 1 saturated heterocycles. The van der Waals surface area contributed by atoms with Crippen molar-refractivity contribution in [3.8, 4) is 0 Å². The maximum atomic E-state index is 13.3. The zero-order valence-corrected chi connectivity index (χ0v) is 22.4. The molecule has 1 aliphatic rings. The molecule has 1 fully saturated rings. The second-order valence-electron chi connectivity index (χ2n) is 8.13. The molecule has 0 saturated carbocycles. The van der Waals surface area contributed by atoms with Gasteiger partial charge in [-0.1, -0.05) is 22.9 Å². The fourth-order valence-corrected chi connectivity index (χ4v) is 6.88. The third kappa shape index (κ3) is 5.61. The molecule has 196 valence electrons. The van der Waals surface area contributed by atoms with E-state index in [0.717, 1.165) is 15.6 Å². The summed E-state index contributed by atoms with van der Waals surface area (Å²) in [6, 6.07) is 9.54. The molecule has 0 aliphatic carbocycles. The summed E-state index contributed by atoms with van der Waals surface area (Å²) < 4.78 is 39.6. The zero-order chi connectivity index (χ0) is 26.7. The molecule has 2 heterocycles. The number of methoxy groups -OCH3 is 1. The van der Waals surface area contributed by atoms with E-state index in [4.69, 9.17) is 21.1 Å². The van der Waals surface area contributed by atoms with Crippen molar-refractivity contribution in [2.75, 3.05) is 20.3 Å². The molecule has 0 bridgehead atoms. The molecular formula is C24H24ClN3O7S2. The number of rotatable bonds is 7. The molecule has 1 aliphatic heterocycles. The van der Waals surface area contributed by atoms with Gasteiger partial charge in [0.05, 0.1) is 34.4 Å². The molecule has 1 atom stereocenters. The first kappa shape index (κ1) is 27.0. The zero-order valence-electron chi connectivity index (χ0n) is 20.0. The maximum absolute atomic E-state index is 13.3. The van der Waals surface area contributed by atoms with E-state index >= 15 is 0 Å². The number of carbonyl (C=O) groups excluding carboxylic acids is 3. The van der Waals surface area contributed by atoms with Gasteiger partial charge in [-0.2, -0.15) is 9.30 Å². The van der Waals surface area contributed by atoms with Crippen molar-refractivity contribution < 1.29 is 32.3 Å². The van der Waals surface area contributed by atoms with Crippen LogP contribution >= 0.6 is 22.9 Å². The molecule has 4 rings (SSSR count). The summed E-state index contributed by atoms with van der Waals surface area (Å²) in [6.45, 7) is 1.87. The van der Waals surface area contributed by atoms with E-state index in [1.165, 1.54) is 35.9 Å². The van der Waals surface area contributed by atoms with Crippen molar-refractivity contribution >= 4 is 61.0 Å². The largest absolute Gasteiger partial charge is 0.468 e. The number of thiazole rings is 1. The molecule has 1 unspecified atom stereocenters. The standard InChI is InChI=1S/C24H24ClN3O7S2/c1-3-35-23(31)15-6-11-18-20(13-15)36-24(27(18)14-21(29)34-2)26-22(30)19-5-4-12-28(19)37(32,33)17-9-7-16(25)8-10-17/h6-11,13,19H,3-5,12,14H2,1-2H3. The quantitative estimate of drug-likeness (QED) is 0.403. The number of benzene rings is 2. The number of hydrogen-bond acceptors (Lipinski definition) is 8. The summed E-state index contributed by atoms with van der Waals surface area (Å²) in [5, 5.41) is 0.397. The number of ether oxygens (including phenoxy) is 2. The Labute approximate surface area is 222 Å². The Hall–Kier alpha value is -3.06. The topological polar surface area (TPSA) is 124 Å². The Kier molecular flexibility index (Phi) is 8.12. The molecule has 0 spiro atoms. The number of esters is 2. The van der Waals surface area contributed by atoms with E-state index in [0.29, 0.717) is 33.6 Å². The number of amides is 1. The maximum Gasteiger partial charge on any atom is 0.338 e. The molecule has 0 N–H and O–H groups in total. The van der Waals surface area contributed by atoms with Gasteiger partial charge in [-0.15, -0.1) is 0 Å². The first-order chi connectivity index (χ1) is 17.6. The molecule has 10 nitrogen and oxygen atoms in total. The number of halogens is 1. The molecule has 1 aromatic heterocycles. The van der Waals surface area contributed by atoms with Crippen LogP contribution in [0.15, 0.2) is 52.4 Å². The first-order valence-corrected chi connectivity index (χ1v) is 14.0. The van der Waals surface area contributed by atoms with Gasteiger partial charge in [0.1, 0.15) is 12.6 Å². The van der Waals surface area contributed by atoms with Gasteiger partial charge in [-0.3, -0.25) is 9.59 Å². The molecule has 1 amide bonds. The van der Waals surface area contributed by atoms with E-state index in [1.54, 1.807) is 25.1 Å². The molecule has 0 radical (unpaired) electrons. The van der Waals surface area contributed by atoms with Gasteiger partial charge in [0.25, 0.3) is 5.91 Å². The van der Waals surface area contributed by atoms with Crippen LogP contribution in [0.2, 0.25) is 5.02 Å². The second-order valence-corrected chi connectivity index (χ2v) is 11.5. The highest BCUT2D eigenvalue weighted by Crippen LogP contribution is 2.28. The lowest BCUT2D eigenvalue weighted by molar-refractivity contribution is -0.141. The van der Waals surface area contributed by atoms with E-state index in [1.807, 2.05) is 0 Å². The fraction of sp³-hybridized carbons (Fsp3) is 0.333.